The first-order valence-corrected chi connectivity index (χ1v) is 8.16. The SMILES string of the molecule is C=CCN1C(=O)C(=O)/C(=C(/O)c2ccc(C)cc2)[C@@H]1c1cccc(F)c1. The van der Waals surface area contributed by atoms with Crippen molar-refractivity contribution in [3.63, 3.8) is 0 Å². The van der Waals surface area contributed by atoms with Crippen molar-refractivity contribution >= 4 is 17.4 Å². The highest BCUT2D eigenvalue weighted by Gasteiger charge is 2.45. The van der Waals surface area contributed by atoms with Crippen LogP contribution < -0.4 is 0 Å². The van der Waals surface area contributed by atoms with Crippen LogP contribution in [0.5, 0.6) is 0 Å². The van der Waals surface area contributed by atoms with E-state index in [9.17, 15) is 19.1 Å². The van der Waals surface area contributed by atoms with Crippen LogP contribution in [0.15, 0.2) is 66.8 Å². The quantitative estimate of drug-likeness (QED) is 0.395. The number of likely N-dealkylation sites (tertiary alicyclic amines) is 1. The van der Waals surface area contributed by atoms with Gasteiger partial charge in [0.25, 0.3) is 11.7 Å². The maximum atomic E-state index is 13.7. The Morgan fingerprint density at radius 2 is 1.92 bits per heavy atom. The van der Waals surface area contributed by atoms with E-state index in [2.05, 4.69) is 6.58 Å². The Morgan fingerprint density at radius 1 is 1.23 bits per heavy atom. The van der Waals surface area contributed by atoms with Crippen molar-refractivity contribution in [2.24, 2.45) is 0 Å². The van der Waals surface area contributed by atoms with Gasteiger partial charge in [0.05, 0.1) is 11.6 Å². The van der Waals surface area contributed by atoms with Crippen LogP contribution in [0.3, 0.4) is 0 Å². The molecule has 3 rings (SSSR count). The molecule has 2 aromatic carbocycles. The number of rotatable bonds is 4. The van der Waals surface area contributed by atoms with Crippen LogP contribution in [0, 0.1) is 12.7 Å². The Morgan fingerprint density at radius 3 is 2.54 bits per heavy atom. The van der Waals surface area contributed by atoms with Gasteiger partial charge in [-0.1, -0.05) is 48.0 Å². The van der Waals surface area contributed by atoms with Gasteiger partial charge in [-0.2, -0.15) is 0 Å². The number of halogens is 1. The van der Waals surface area contributed by atoms with Gasteiger partial charge < -0.3 is 10.0 Å². The van der Waals surface area contributed by atoms with Gasteiger partial charge in [-0.3, -0.25) is 9.59 Å². The van der Waals surface area contributed by atoms with Gasteiger partial charge in [-0.25, -0.2) is 4.39 Å². The summed E-state index contributed by atoms with van der Waals surface area (Å²) in [5.41, 5.74) is 1.79. The van der Waals surface area contributed by atoms with Crippen LogP contribution >= 0.6 is 0 Å². The molecule has 1 aliphatic heterocycles. The fraction of sp³-hybridized carbons (Fsp3) is 0.143. The predicted octanol–water partition coefficient (Wildman–Crippen LogP) is 3.74. The number of aliphatic hydroxyl groups excluding tert-OH is 1. The molecule has 1 fully saturated rings. The second-order valence-corrected chi connectivity index (χ2v) is 6.16. The average Bonchev–Trinajstić information content (AvgIpc) is 2.87. The summed E-state index contributed by atoms with van der Waals surface area (Å²) in [6.45, 7) is 5.62. The highest BCUT2D eigenvalue weighted by atomic mass is 19.1. The van der Waals surface area contributed by atoms with Crippen molar-refractivity contribution in [1.29, 1.82) is 0 Å². The minimum atomic E-state index is -0.870. The zero-order valence-corrected chi connectivity index (χ0v) is 14.3. The van der Waals surface area contributed by atoms with Gasteiger partial charge >= 0.3 is 0 Å². The summed E-state index contributed by atoms with van der Waals surface area (Å²) in [6, 6.07) is 11.7. The third-order valence-corrected chi connectivity index (χ3v) is 4.36. The van der Waals surface area contributed by atoms with Gasteiger partial charge in [0, 0.05) is 12.1 Å². The summed E-state index contributed by atoms with van der Waals surface area (Å²) in [6.07, 6.45) is 1.49. The maximum Gasteiger partial charge on any atom is 0.295 e. The smallest absolute Gasteiger partial charge is 0.295 e. The normalized spacial score (nSPS) is 19.0. The van der Waals surface area contributed by atoms with Gasteiger partial charge in [-0.15, -0.1) is 6.58 Å². The molecule has 4 nitrogen and oxygen atoms in total. The lowest BCUT2D eigenvalue weighted by atomic mass is 9.95. The molecule has 0 saturated carbocycles. The summed E-state index contributed by atoms with van der Waals surface area (Å²) in [7, 11) is 0. The molecule has 1 amide bonds. The largest absolute Gasteiger partial charge is 0.507 e. The Balaban J connectivity index is 2.21. The zero-order chi connectivity index (χ0) is 18.8. The number of hydrogen-bond donors (Lipinski definition) is 1. The Labute approximate surface area is 150 Å². The molecule has 1 saturated heterocycles. The predicted molar refractivity (Wildman–Crippen MR) is 96.8 cm³/mol. The number of carbonyl (C=O) groups excluding carboxylic acids is 2. The Kier molecular flexibility index (Phi) is 4.71. The van der Waals surface area contributed by atoms with Crippen LogP contribution in [0.1, 0.15) is 22.7 Å². The first-order chi connectivity index (χ1) is 12.4. The molecule has 1 aliphatic rings. The van der Waals surface area contributed by atoms with E-state index >= 15 is 0 Å². The summed E-state index contributed by atoms with van der Waals surface area (Å²) >= 11 is 0. The van der Waals surface area contributed by atoms with E-state index in [-0.39, 0.29) is 17.9 Å². The highest BCUT2D eigenvalue weighted by molar-refractivity contribution is 6.46. The monoisotopic (exact) mass is 351 g/mol. The van der Waals surface area contributed by atoms with Crippen molar-refractivity contribution in [2.45, 2.75) is 13.0 Å². The molecule has 1 N–H and O–H groups in total. The first-order valence-electron chi connectivity index (χ1n) is 8.16. The molecule has 26 heavy (non-hydrogen) atoms. The van der Waals surface area contributed by atoms with E-state index in [1.54, 1.807) is 30.3 Å². The second kappa shape index (κ2) is 6.96. The van der Waals surface area contributed by atoms with E-state index in [4.69, 9.17) is 0 Å². The maximum absolute atomic E-state index is 13.7. The minimum Gasteiger partial charge on any atom is -0.507 e. The minimum absolute atomic E-state index is 0.0497. The molecular weight excluding hydrogens is 333 g/mol. The zero-order valence-electron chi connectivity index (χ0n) is 14.3. The van der Waals surface area contributed by atoms with E-state index < -0.39 is 23.5 Å². The molecule has 0 radical (unpaired) electrons. The number of ketones is 1. The second-order valence-electron chi connectivity index (χ2n) is 6.16. The third kappa shape index (κ3) is 3.04. The summed E-state index contributed by atoms with van der Waals surface area (Å²) < 4.78 is 13.7. The van der Waals surface area contributed by atoms with Gasteiger partial charge in [0.2, 0.25) is 0 Å². The van der Waals surface area contributed by atoms with Crippen LogP contribution in [0.25, 0.3) is 5.76 Å². The lowest BCUT2D eigenvalue weighted by Gasteiger charge is -2.24. The number of aryl methyl sites for hydroxylation is 1. The van der Waals surface area contributed by atoms with E-state index in [1.165, 1.54) is 29.2 Å². The summed E-state index contributed by atoms with van der Waals surface area (Å²) in [5.74, 6) is -2.29. The summed E-state index contributed by atoms with van der Waals surface area (Å²) in [5, 5.41) is 10.7. The van der Waals surface area contributed by atoms with Gasteiger partial charge in [0.1, 0.15) is 11.6 Å². The van der Waals surface area contributed by atoms with Crippen LogP contribution in [-0.4, -0.2) is 28.2 Å². The van der Waals surface area contributed by atoms with Crippen molar-refractivity contribution < 1.29 is 19.1 Å². The molecule has 0 spiro atoms. The van der Waals surface area contributed by atoms with Crippen molar-refractivity contribution in [1.82, 2.24) is 4.90 Å². The average molecular weight is 351 g/mol. The number of Topliss-reactive ketones (excluding diaryl/α,β-unsaturated/α-hetero) is 1. The lowest BCUT2D eigenvalue weighted by Crippen LogP contribution is -2.29. The molecule has 0 bridgehead atoms. The topological polar surface area (TPSA) is 57.6 Å². The van der Waals surface area contributed by atoms with E-state index in [0.717, 1.165) is 5.56 Å². The fourth-order valence-corrected chi connectivity index (χ4v) is 3.10. The number of hydrogen-bond acceptors (Lipinski definition) is 3. The number of amides is 1. The number of carbonyl (C=O) groups is 2. The van der Waals surface area contributed by atoms with Crippen LogP contribution in [0.2, 0.25) is 0 Å². The molecule has 0 unspecified atom stereocenters. The number of aliphatic hydroxyl groups is 1. The third-order valence-electron chi connectivity index (χ3n) is 4.36. The molecular formula is C21H18FNO3. The van der Waals surface area contributed by atoms with Crippen LogP contribution in [-0.2, 0) is 9.59 Å². The van der Waals surface area contributed by atoms with E-state index in [1.807, 2.05) is 6.92 Å². The lowest BCUT2D eigenvalue weighted by molar-refractivity contribution is -0.139. The van der Waals surface area contributed by atoms with Crippen molar-refractivity contribution in [3.8, 4) is 0 Å². The van der Waals surface area contributed by atoms with Crippen molar-refractivity contribution in [3.05, 3.63) is 89.3 Å². The molecule has 1 heterocycles. The standard InChI is InChI=1S/C21H18FNO3/c1-3-11-23-18(15-5-4-6-16(22)12-15)17(20(25)21(23)26)19(24)14-9-7-13(2)8-10-14/h3-10,12,18,24H,1,11H2,2H3/b19-17+/t18-/m0/s1. The van der Waals surface area contributed by atoms with E-state index in [0.29, 0.717) is 11.1 Å². The molecule has 5 heteroatoms. The van der Waals surface area contributed by atoms with Gasteiger partial charge in [-0.05, 0) is 24.6 Å². The fourth-order valence-electron chi connectivity index (χ4n) is 3.10. The molecule has 132 valence electrons. The molecule has 2 aromatic rings. The molecule has 1 atom stereocenters. The Hall–Kier alpha value is -3.21. The van der Waals surface area contributed by atoms with Crippen LogP contribution in [0.4, 0.5) is 4.39 Å². The number of benzene rings is 2. The summed E-state index contributed by atoms with van der Waals surface area (Å²) in [4.78, 5) is 26.3. The molecule has 0 aliphatic carbocycles. The van der Waals surface area contributed by atoms with Crippen molar-refractivity contribution in [2.75, 3.05) is 6.54 Å². The van der Waals surface area contributed by atoms with Gasteiger partial charge in [0.15, 0.2) is 0 Å². The number of nitrogens with zero attached hydrogens (tertiary/aromatic N) is 1. The Bertz CT molecular complexity index is 915. The highest BCUT2D eigenvalue weighted by Crippen LogP contribution is 2.39. The first kappa shape index (κ1) is 17.6. The molecule has 0 aromatic heterocycles.